The summed E-state index contributed by atoms with van der Waals surface area (Å²) < 4.78 is 14.5. The van der Waals surface area contributed by atoms with Crippen LogP contribution in [0.3, 0.4) is 0 Å². The lowest BCUT2D eigenvalue weighted by Gasteiger charge is -2.19. The molecule has 0 aromatic rings. The third-order valence-corrected chi connectivity index (χ3v) is 2.08. The number of likely N-dealkylation sites (N-methyl/N-ethyl adjacent to an activating group) is 1. The first-order valence-electron chi connectivity index (χ1n) is 4.19. The first-order chi connectivity index (χ1) is 6.24. The molecular weight excluding hydrogens is 209 g/mol. The molecule has 0 saturated carbocycles. The van der Waals surface area contributed by atoms with Crippen LogP contribution in [0.5, 0.6) is 0 Å². The molecule has 1 amide bonds. The molecule has 0 aliphatic carbocycles. The molecule has 0 saturated heterocycles. The Morgan fingerprint density at radius 1 is 1.50 bits per heavy atom. The smallest absolute Gasteiger partial charge is 0.343 e. The number of amides is 1. The summed E-state index contributed by atoms with van der Waals surface area (Å²) in [7, 11) is -2.85. The fourth-order valence-corrected chi connectivity index (χ4v) is 1.17. The van der Waals surface area contributed by atoms with Crippen LogP contribution in [0.4, 0.5) is 0 Å². The van der Waals surface area contributed by atoms with E-state index in [0.29, 0.717) is 0 Å². The lowest BCUT2D eigenvalue weighted by Crippen LogP contribution is -2.33. The summed E-state index contributed by atoms with van der Waals surface area (Å²) in [5.41, 5.74) is 0. The van der Waals surface area contributed by atoms with Crippen molar-refractivity contribution in [3.63, 3.8) is 0 Å². The Balaban J connectivity index is 3.81. The fourth-order valence-electron chi connectivity index (χ4n) is 0.848. The standard InChI is InChI=1S/C7H16NO5P/c1-6(2)7(9)8(3)4-5-13-14(10,11)12/h6H,4-5H2,1-3H3,(H2,10,11,12). The van der Waals surface area contributed by atoms with Crippen LogP contribution >= 0.6 is 7.82 Å². The SMILES string of the molecule is CC(C)C(=O)N(C)CCOP(=O)(O)O. The van der Waals surface area contributed by atoms with Crippen LogP contribution in [0.2, 0.25) is 0 Å². The molecule has 0 aliphatic rings. The number of rotatable bonds is 5. The van der Waals surface area contributed by atoms with E-state index in [1.807, 2.05) is 0 Å². The van der Waals surface area contributed by atoms with Gasteiger partial charge in [0.05, 0.1) is 6.61 Å². The molecule has 0 atom stereocenters. The Kier molecular flexibility index (Phi) is 5.29. The number of carbonyl (C=O) groups is 1. The van der Waals surface area contributed by atoms with E-state index in [2.05, 4.69) is 4.52 Å². The number of hydrogen-bond acceptors (Lipinski definition) is 3. The van der Waals surface area contributed by atoms with Gasteiger partial charge in [-0.2, -0.15) is 0 Å². The van der Waals surface area contributed by atoms with Crippen LogP contribution in [0, 0.1) is 5.92 Å². The van der Waals surface area contributed by atoms with E-state index in [1.54, 1.807) is 20.9 Å². The molecule has 2 N–H and O–H groups in total. The lowest BCUT2D eigenvalue weighted by molar-refractivity contribution is -0.133. The monoisotopic (exact) mass is 225 g/mol. The Morgan fingerprint density at radius 2 is 2.00 bits per heavy atom. The maximum absolute atomic E-state index is 11.3. The van der Waals surface area contributed by atoms with Gasteiger partial charge >= 0.3 is 7.82 Å². The minimum atomic E-state index is -4.41. The van der Waals surface area contributed by atoms with Crippen molar-refractivity contribution in [3.05, 3.63) is 0 Å². The van der Waals surface area contributed by atoms with Crippen molar-refractivity contribution < 1.29 is 23.7 Å². The maximum Gasteiger partial charge on any atom is 0.469 e. The van der Waals surface area contributed by atoms with Crippen LogP contribution in [0.15, 0.2) is 0 Å². The first kappa shape index (κ1) is 13.6. The van der Waals surface area contributed by atoms with Gasteiger partial charge in [-0.15, -0.1) is 0 Å². The van der Waals surface area contributed by atoms with E-state index in [-0.39, 0.29) is 25.0 Å². The van der Waals surface area contributed by atoms with Crippen molar-refractivity contribution in [2.45, 2.75) is 13.8 Å². The summed E-state index contributed by atoms with van der Waals surface area (Å²) in [6.07, 6.45) is 0. The Hall–Kier alpha value is -0.420. The van der Waals surface area contributed by atoms with Crippen molar-refractivity contribution in [2.75, 3.05) is 20.2 Å². The molecule has 0 unspecified atom stereocenters. The molecule has 0 heterocycles. The summed E-state index contributed by atoms with van der Waals surface area (Å²) in [5, 5.41) is 0. The van der Waals surface area contributed by atoms with Crippen LogP contribution in [0.1, 0.15) is 13.8 Å². The quantitative estimate of drug-likeness (QED) is 0.653. The van der Waals surface area contributed by atoms with Gasteiger partial charge < -0.3 is 14.7 Å². The molecule has 14 heavy (non-hydrogen) atoms. The van der Waals surface area contributed by atoms with Crippen LogP contribution in [-0.4, -0.2) is 40.8 Å². The molecule has 0 aromatic carbocycles. The summed E-state index contributed by atoms with van der Waals surface area (Å²) in [4.78, 5) is 29.4. The maximum atomic E-state index is 11.3. The van der Waals surface area contributed by atoms with Gasteiger partial charge in [-0.05, 0) is 0 Å². The third-order valence-electron chi connectivity index (χ3n) is 1.56. The van der Waals surface area contributed by atoms with Gasteiger partial charge in [-0.1, -0.05) is 13.8 Å². The second-order valence-corrected chi connectivity index (χ2v) is 4.48. The minimum absolute atomic E-state index is 0.0840. The zero-order valence-electron chi connectivity index (χ0n) is 8.51. The highest BCUT2D eigenvalue weighted by atomic mass is 31.2. The third kappa shape index (κ3) is 6.10. The van der Waals surface area contributed by atoms with E-state index in [4.69, 9.17) is 9.79 Å². The second kappa shape index (κ2) is 5.46. The summed E-state index contributed by atoms with van der Waals surface area (Å²) in [6, 6.07) is 0. The van der Waals surface area contributed by atoms with Gasteiger partial charge in [0, 0.05) is 19.5 Å². The summed E-state index contributed by atoms with van der Waals surface area (Å²) in [6.45, 7) is 3.51. The zero-order valence-corrected chi connectivity index (χ0v) is 9.40. The van der Waals surface area contributed by atoms with E-state index in [1.165, 1.54) is 4.90 Å². The molecule has 0 spiro atoms. The van der Waals surface area contributed by atoms with Crippen molar-refractivity contribution in [3.8, 4) is 0 Å². The zero-order chi connectivity index (χ0) is 11.4. The molecule has 7 heteroatoms. The number of phosphoric acid groups is 1. The highest BCUT2D eigenvalue weighted by Crippen LogP contribution is 2.35. The molecule has 0 aliphatic heterocycles. The predicted molar refractivity (Wildman–Crippen MR) is 50.5 cm³/mol. The number of carbonyl (C=O) groups excluding carboxylic acids is 1. The van der Waals surface area contributed by atoms with Crippen molar-refractivity contribution in [1.82, 2.24) is 4.90 Å². The minimum Gasteiger partial charge on any atom is -0.343 e. The van der Waals surface area contributed by atoms with Gasteiger partial charge in [0.1, 0.15) is 0 Å². The van der Waals surface area contributed by atoms with Crippen molar-refractivity contribution in [2.24, 2.45) is 5.92 Å². The van der Waals surface area contributed by atoms with Crippen molar-refractivity contribution >= 4 is 13.7 Å². The largest absolute Gasteiger partial charge is 0.469 e. The molecule has 0 rings (SSSR count). The normalized spacial score (nSPS) is 11.9. The summed E-state index contributed by atoms with van der Waals surface area (Å²) in [5.74, 6) is -0.214. The van der Waals surface area contributed by atoms with E-state index < -0.39 is 7.82 Å². The summed E-state index contributed by atoms with van der Waals surface area (Å²) >= 11 is 0. The van der Waals surface area contributed by atoms with Gasteiger partial charge in [0.15, 0.2) is 0 Å². The van der Waals surface area contributed by atoms with E-state index in [9.17, 15) is 9.36 Å². The van der Waals surface area contributed by atoms with Gasteiger partial charge in [0.25, 0.3) is 0 Å². The number of phosphoric ester groups is 1. The Morgan fingerprint density at radius 3 is 2.36 bits per heavy atom. The molecule has 0 fully saturated rings. The van der Waals surface area contributed by atoms with E-state index in [0.717, 1.165) is 0 Å². The Labute approximate surface area is 83.1 Å². The van der Waals surface area contributed by atoms with Crippen LogP contribution < -0.4 is 0 Å². The number of nitrogens with zero attached hydrogens (tertiary/aromatic N) is 1. The molecule has 0 radical (unpaired) electrons. The van der Waals surface area contributed by atoms with E-state index >= 15 is 0 Å². The molecule has 0 bridgehead atoms. The second-order valence-electron chi connectivity index (χ2n) is 3.24. The average Bonchev–Trinajstić information content (AvgIpc) is 2.00. The molecule has 0 aromatic heterocycles. The van der Waals surface area contributed by atoms with Crippen molar-refractivity contribution in [1.29, 1.82) is 0 Å². The average molecular weight is 225 g/mol. The van der Waals surface area contributed by atoms with Crippen LogP contribution in [-0.2, 0) is 13.9 Å². The number of hydrogen-bond donors (Lipinski definition) is 2. The predicted octanol–water partition coefficient (Wildman–Crippen LogP) is 0.210. The van der Waals surface area contributed by atoms with Gasteiger partial charge in [-0.3, -0.25) is 9.32 Å². The fraction of sp³-hybridized carbons (Fsp3) is 0.857. The topological polar surface area (TPSA) is 87.1 Å². The van der Waals surface area contributed by atoms with Crippen LogP contribution in [0.25, 0.3) is 0 Å². The molecule has 6 nitrogen and oxygen atoms in total. The van der Waals surface area contributed by atoms with Gasteiger partial charge in [0.2, 0.25) is 5.91 Å². The molecule has 84 valence electrons. The Bertz CT molecular complexity index is 236. The highest BCUT2D eigenvalue weighted by molar-refractivity contribution is 7.46. The lowest BCUT2D eigenvalue weighted by atomic mass is 10.2. The van der Waals surface area contributed by atoms with Gasteiger partial charge in [-0.25, -0.2) is 4.57 Å². The highest BCUT2D eigenvalue weighted by Gasteiger charge is 2.16. The first-order valence-corrected chi connectivity index (χ1v) is 5.72. The molecular formula is C7H16NO5P.